The molecule has 0 fully saturated rings. The van der Waals surface area contributed by atoms with Crippen molar-refractivity contribution in [2.45, 2.75) is 32.7 Å². The number of anilines is 1. The number of carboxylic acids is 1. The summed E-state index contributed by atoms with van der Waals surface area (Å²) in [5, 5.41) is 13.8. The van der Waals surface area contributed by atoms with Gasteiger partial charge in [0.25, 0.3) is 0 Å². The van der Waals surface area contributed by atoms with E-state index < -0.39 is 23.9 Å². The number of hydrogen-bond donors (Lipinski definition) is 3. The van der Waals surface area contributed by atoms with Crippen LogP contribution in [0.1, 0.15) is 25.3 Å². The number of aryl methyl sites for hydroxylation is 1. The summed E-state index contributed by atoms with van der Waals surface area (Å²) in [5.41, 5.74) is 1.04. The Labute approximate surface area is 124 Å². The Morgan fingerprint density at radius 2 is 2.10 bits per heavy atom. The number of hydrogen-bond acceptors (Lipinski definition) is 2. The van der Waals surface area contributed by atoms with E-state index in [9.17, 15) is 14.0 Å². The number of carbonyl (C=O) groups is 2. The summed E-state index contributed by atoms with van der Waals surface area (Å²) in [6.45, 7) is 3.51. The Balaban J connectivity index is 2.71. The molecule has 0 spiro atoms. The molecule has 0 aromatic heterocycles. The molecular formula is C13H16BrFN2O3. The van der Waals surface area contributed by atoms with Gasteiger partial charge in [-0.3, -0.25) is 4.79 Å². The van der Waals surface area contributed by atoms with Crippen LogP contribution >= 0.6 is 15.9 Å². The molecular weight excluding hydrogens is 331 g/mol. The van der Waals surface area contributed by atoms with E-state index in [1.54, 1.807) is 19.9 Å². The highest BCUT2D eigenvalue weighted by atomic mass is 79.9. The minimum Gasteiger partial charge on any atom is -0.481 e. The van der Waals surface area contributed by atoms with Gasteiger partial charge in [0.05, 0.1) is 10.9 Å². The number of nitrogens with one attached hydrogen (secondary N) is 2. The van der Waals surface area contributed by atoms with Gasteiger partial charge in [-0.25, -0.2) is 9.18 Å². The molecule has 0 bridgehead atoms. The zero-order valence-corrected chi connectivity index (χ0v) is 12.8. The van der Waals surface area contributed by atoms with E-state index in [1.807, 2.05) is 0 Å². The standard InChI is InChI=1S/C13H16BrFN2O3/c1-3-8(5-12(18)19)16-13(20)17-11-6-10(15)9(14)4-7(11)2/h4,6,8H,3,5H2,1-2H3,(H,18,19)(H2,16,17,20). The second-order valence-electron chi connectivity index (χ2n) is 4.38. The highest BCUT2D eigenvalue weighted by molar-refractivity contribution is 9.10. The van der Waals surface area contributed by atoms with Crippen molar-refractivity contribution in [3.63, 3.8) is 0 Å². The maximum absolute atomic E-state index is 13.4. The average molecular weight is 347 g/mol. The molecule has 20 heavy (non-hydrogen) atoms. The molecule has 3 N–H and O–H groups in total. The van der Waals surface area contributed by atoms with E-state index in [2.05, 4.69) is 26.6 Å². The van der Waals surface area contributed by atoms with E-state index in [-0.39, 0.29) is 6.42 Å². The number of halogens is 2. The maximum Gasteiger partial charge on any atom is 0.319 e. The van der Waals surface area contributed by atoms with Crippen LogP contribution in [0, 0.1) is 12.7 Å². The van der Waals surface area contributed by atoms with Gasteiger partial charge in [-0.05, 0) is 47.0 Å². The molecule has 0 heterocycles. The Morgan fingerprint density at radius 3 is 2.65 bits per heavy atom. The van der Waals surface area contributed by atoms with Crippen LogP contribution in [0.4, 0.5) is 14.9 Å². The molecule has 0 aliphatic rings. The van der Waals surface area contributed by atoms with Gasteiger partial charge in [0.15, 0.2) is 0 Å². The largest absolute Gasteiger partial charge is 0.481 e. The first-order chi connectivity index (χ1) is 9.33. The molecule has 7 heteroatoms. The fraction of sp³-hybridized carbons (Fsp3) is 0.385. The van der Waals surface area contributed by atoms with E-state index in [1.165, 1.54) is 6.07 Å². The third-order valence-electron chi connectivity index (χ3n) is 2.76. The van der Waals surface area contributed by atoms with Gasteiger partial charge < -0.3 is 15.7 Å². The van der Waals surface area contributed by atoms with Crippen LogP contribution in [0.2, 0.25) is 0 Å². The maximum atomic E-state index is 13.4. The number of rotatable bonds is 5. The summed E-state index contributed by atoms with van der Waals surface area (Å²) < 4.78 is 13.7. The second-order valence-corrected chi connectivity index (χ2v) is 5.24. The first kappa shape index (κ1) is 16.4. The molecule has 0 saturated carbocycles. The summed E-state index contributed by atoms with van der Waals surface area (Å²) >= 11 is 3.06. The van der Waals surface area contributed by atoms with Crippen molar-refractivity contribution in [2.75, 3.05) is 5.32 Å². The Morgan fingerprint density at radius 1 is 1.45 bits per heavy atom. The van der Waals surface area contributed by atoms with Crippen molar-refractivity contribution in [3.05, 3.63) is 28.0 Å². The lowest BCUT2D eigenvalue weighted by Crippen LogP contribution is -2.39. The second kappa shape index (κ2) is 7.23. The third-order valence-corrected chi connectivity index (χ3v) is 3.37. The van der Waals surface area contributed by atoms with Gasteiger partial charge in [0.1, 0.15) is 5.82 Å². The van der Waals surface area contributed by atoms with Crippen LogP contribution in [0.15, 0.2) is 16.6 Å². The number of carbonyl (C=O) groups excluding carboxylic acids is 1. The molecule has 1 unspecified atom stereocenters. The quantitative estimate of drug-likeness (QED) is 0.765. The average Bonchev–Trinajstić information content (AvgIpc) is 2.34. The van der Waals surface area contributed by atoms with Crippen molar-refractivity contribution >= 4 is 33.6 Å². The molecule has 0 radical (unpaired) electrons. The Bertz CT molecular complexity index is 523. The van der Waals surface area contributed by atoms with Gasteiger partial charge in [0, 0.05) is 11.7 Å². The third kappa shape index (κ3) is 4.80. The molecule has 1 aromatic carbocycles. The minimum absolute atomic E-state index is 0.155. The van der Waals surface area contributed by atoms with Gasteiger partial charge in [0.2, 0.25) is 0 Å². The van der Waals surface area contributed by atoms with E-state index in [4.69, 9.17) is 5.11 Å². The molecule has 1 atom stereocenters. The summed E-state index contributed by atoms with van der Waals surface area (Å²) in [6.07, 6.45) is 0.338. The highest BCUT2D eigenvalue weighted by Crippen LogP contribution is 2.23. The molecule has 0 aliphatic carbocycles. The molecule has 0 aliphatic heterocycles. The zero-order valence-electron chi connectivity index (χ0n) is 11.2. The van der Waals surface area contributed by atoms with Crippen LogP contribution in [-0.2, 0) is 4.79 Å². The molecule has 5 nitrogen and oxygen atoms in total. The van der Waals surface area contributed by atoms with Crippen molar-refractivity contribution in [1.82, 2.24) is 5.32 Å². The summed E-state index contributed by atoms with van der Waals surface area (Å²) in [7, 11) is 0. The van der Waals surface area contributed by atoms with Gasteiger partial charge in [-0.15, -0.1) is 0 Å². The lowest BCUT2D eigenvalue weighted by Gasteiger charge is -2.16. The Kier molecular flexibility index (Phi) is 5.94. The molecule has 1 aromatic rings. The molecule has 0 saturated heterocycles. The number of urea groups is 1. The fourth-order valence-corrected chi connectivity index (χ4v) is 2.09. The van der Waals surface area contributed by atoms with Gasteiger partial charge >= 0.3 is 12.0 Å². The Hall–Kier alpha value is -1.63. The number of amides is 2. The van der Waals surface area contributed by atoms with Crippen LogP contribution in [0.3, 0.4) is 0 Å². The number of aliphatic carboxylic acids is 1. The van der Waals surface area contributed by atoms with E-state index >= 15 is 0 Å². The highest BCUT2D eigenvalue weighted by Gasteiger charge is 2.15. The lowest BCUT2D eigenvalue weighted by atomic mass is 10.1. The van der Waals surface area contributed by atoms with Crippen LogP contribution in [0.5, 0.6) is 0 Å². The molecule has 2 amide bonds. The molecule has 1 rings (SSSR count). The van der Waals surface area contributed by atoms with Crippen LogP contribution in [0.25, 0.3) is 0 Å². The SMILES string of the molecule is CCC(CC(=O)O)NC(=O)Nc1cc(F)c(Br)cc1C. The smallest absolute Gasteiger partial charge is 0.319 e. The monoisotopic (exact) mass is 346 g/mol. The summed E-state index contributed by atoms with van der Waals surface area (Å²) in [6, 6.07) is 1.74. The van der Waals surface area contributed by atoms with E-state index in [0.717, 1.165) is 0 Å². The lowest BCUT2D eigenvalue weighted by molar-refractivity contribution is -0.137. The van der Waals surface area contributed by atoms with Crippen molar-refractivity contribution in [2.24, 2.45) is 0 Å². The summed E-state index contributed by atoms with van der Waals surface area (Å²) in [5.74, 6) is -1.47. The van der Waals surface area contributed by atoms with Crippen molar-refractivity contribution in [3.8, 4) is 0 Å². The number of benzene rings is 1. The zero-order chi connectivity index (χ0) is 15.3. The first-order valence-corrected chi connectivity index (χ1v) is 6.87. The summed E-state index contributed by atoms with van der Waals surface area (Å²) in [4.78, 5) is 22.4. The predicted molar refractivity (Wildman–Crippen MR) is 77.3 cm³/mol. The van der Waals surface area contributed by atoms with Crippen molar-refractivity contribution in [1.29, 1.82) is 0 Å². The first-order valence-electron chi connectivity index (χ1n) is 6.08. The van der Waals surface area contributed by atoms with Crippen LogP contribution < -0.4 is 10.6 Å². The topological polar surface area (TPSA) is 78.4 Å². The van der Waals surface area contributed by atoms with Crippen molar-refractivity contribution < 1.29 is 19.1 Å². The predicted octanol–water partition coefficient (Wildman–Crippen LogP) is 3.27. The number of carboxylic acid groups (broad SMARTS) is 1. The van der Waals surface area contributed by atoms with Gasteiger partial charge in [-0.1, -0.05) is 6.92 Å². The minimum atomic E-state index is -0.983. The van der Waals surface area contributed by atoms with Gasteiger partial charge in [-0.2, -0.15) is 0 Å². The van der Waals surface area contributed by atoms with Crippen LogP contribution in [-0.4, -0.2) is 23.1 Å². The van der Waals surface area contributed by atoms with E-state index in [0.29, 0.717) is 22.1 Å². The fourth-order valence-electron chi connectivity index (χ4n) is 1.63. The molecule has 110 valence electrons. The normalized spacial score (nSPS) is 11.8.